The van der Waals surface area contributed by atoms with Crippen LogP contribution in [0.4, 0.5) is 17.1 Å². The van der Waals surface area contributed by atoms with Crippen LogP contribution in [-0.4, -0.2) is 4.92 Å². The summed E-state index contributed by atoms with van der Waals surface area (Å²) in [6.45, 7) is 3.65. The van der Waals surface area contributed by atoms with E-state index in [2.05, 4.69) is 11.4 Å². The van der Waals surface area contributed by atoms with Gasteiger partial charge in [-0.2, -0.15) is 10.5 Å². The molecule has 0 radical (unpaired) electrons. The van der Waals surface area contributed by atoms with Crippen LogP contribution in [0.1, 0.15) is 27.8 Å². The highest BCUT2D eigenvalue weighted by atomic mass is 35.5. The number of nitro groups is 1. The molecule has 0 saturated carbocycles. The van der Waals surface area contributed by atoms with Gasteiger partial charge in [0.05, 0.1) is 34.1 Å². The van der Waals surface area contributed by atoms with Crippen molar-refractivity contribution in [2.75, 3.05) is 5.32 Å². The fourth-order valence-electron chi connectivity index (χ4n) is 3.13. The molecule has 1 N–H and O–H groups in total. The lowest BCUT2D eigenvalue weighted by molar-refractivity contribution is -0.384. The van der Waals surface area contributed by atoms with Gasteiger partial charge in [-0.25, -0.2) is 0 Å². The van der Waals surface area contributed by atoms with Gasteiger partial charge in [0.25, 0.3) is 5.69 Å². The largest absolute Gasteiger partial charge is 0.456 e. The number of nitrogens with zero attached hydrogens (tertiary/aromatic N) is 3. The Morgan fingerprint density at radius 3 is 2.16 bits per heavy atom. The Bertz CT molecular complexity index is 1220. The Hall–Kier alpha value is -4.07. The van der Waals surface area contributed by atoms with Crippen LogP contribution in [0.25, 0.3) is 0 Å². The number of rotatable bonds is 6. The molecule has 0 bridgehead atoms. The van der Waals surface area contributed by atoms with E-state index in [1.54, 1.807) is 36.4 Å². The monoisotopic (exact) mass is 432 g/mol. The maximum atomic E-state index is 11.6. The van der Waals surface area contributed by atoms with Crippen molar-refractivity contribution in [1.82, 2.24) is 0 Å². The number of nitro benzene ring substituents is 1. The topological polar surface area (TPSA) is 112 Å². The Morgan fingerprint density at radius 1 is 1.03 bits per heavy atom. The Balaban J connectivity index is 2.06. The van der Waals surface area contributed by atoms with E-state index in [9.17, 15) is 10.1 Å². The third kappa shape index (κ3) is 4.75. The maximum absolute atomic E-state index is 11.6. The van der Waals surface area contributed by atoms with Crippen LogP contribution in [0.15, 0.2) is 48.5 Å². The predicted octanol–water partition coefficient (Wildman–Crippen LogP) is 6.23. The maximum Gasteiger partial charge on any atom is 0.293 e. The zero-order chi connectivity index (χ0) is 22.5. The van der Waals surface area contributed by atoms with E-state index in [1.807, 2.05) is 19.9 Å². The summed E-state index contributed by atoms with van der Waals surface area (Å²) < 4.78 is 6.11. The highest BCUT2D eigenvalue weighted by Crippen LogP contribution is 2.39. The number of aryl methyl sites for hydroxylation is 2. The molecule has 7 nitrogen and oxygen atoms in total. The number of hydrogen-bond acceptors (Lipinski definition) is 6. The number of nitriles is 2. The molecule has 0 aliphatic carbocycles. The normalized spacial score (nSPS) is 10.1. The van der Waals surface area contributed by atoms with Crippen molar-refractivity contribution in [3.05, 3.63) is 86.5 Å². The summed E-state index contributed by atoms with van der Waals surface area (Å²) in [5.41, 5.74) is 3.64. The highest BCUT2D eigenvalue weighted by Gasteiger charge is 2.20. The molecule has 0 saturated heterocycles. The van der Waals surface area contributed by atoms with E-state index >= 15 is 0 Å². The van der Waals surface area contributed by atoms with Crippen LogP contribution in [0.2, 0.25) is 0 Å². The molecular formula is C23H17ClN4O3. The molecule has 3 aromatic rings. The summed E-state index contributed by atoms with van der Waals surface area (Å²) in [6.07, 6.45) is 0. The summed E-state index contributed by atoms with van der Waals surface area (Å²) in [5, 5.41) is 32.7. The number of benzene rings is 3. The average Bonchev–Trinajstić information content (AvgIpc) is 2.76. The molecule has 0 aliphatic heterocycles. The Morgan fingerprint density at radius 2 is 1.65 bits per heavy atom. The van der Waals surface area contributed by atoms with Crippen molar-refractivity contribution in [3.8, 4) is 23.6 Å². The van der Waals surface area contributed by atoms with Crippen molar-refractivity contribution in [3.63, 3.8) is 0 Å². The summed E-state index contributed by atoms with van der Waals surface area (Å²) in [7, 11) is 0. The smallest absolute Gasteiger partial charge is 0.293 e. The fraction of sp³-hybridized carbons (Fsp3) is 0.130. The zero-order valence-corrected chi connectivity index (χ0v) is 17.5. The van der Waals surface area contributed by atoms with Gasteiger partial charge in [0.2, 0.25) is 0 Å². The van der Waals surface area contributed by atoms with Crippen molar-refractivity contribution in [2.45, 2.75) is 19.7 Å². The molecule has 0 fully saturated rings. The second-order valence-corrected chi connectivity index (χ2v) is 7.10. The van der Waals surface area contributed by atoms with Gasteiger partial charge in [0.1, 0.15) is 17.2 Å². The summed E-state index contributed by atoms with van der Waals surface area (Å²) in [5.74, 6) is 0.943. The summed E-state index contributed by atoms with van der Waals surface area (Å²) in [6, 6.07) is 17.0. The molecule has 0 atom stereocenters. The number of ether oxygens (including phenoxy) is 1. The number of hydrogen-bond donors (Lipinski definition) is 1. The SMILES string of the molecule is Cc1cc(C#N)cc(C)c1Oc1cc(Nc2ccc(C#N)cc2)c([N+](=O)[O-])cc1CCl. The molecule has 0 heterocycles. The second kappa shape index (κ2) is 9.17. The summed E-state index contributed by atoms with van der Waals surface area (Å²) in [4.78, 5) is 11.1. The molecule has 8 heteroatoms. The van der Waals surface area contributed by atoms with Gasteiger partial charge >= 0.3 is 0 Å². The standard InChI is InChI=1S/C23H17ClN4O3/c1-14-7-17(13-26)8-15(2)23(14)31-22-10-20(21(28(29)30)9-18(22)11-24)27-19-5-3-16(12-25)4-6-19/h3-10,27H,11H2,1-2H3. The quantitative estimate of drug-likeness (QED) is 0.280. The van der Waals surface area contributed by atoms with Gasteiger partial charge in [-0.1, -0.05) is 0 Å². The van der Waals surface area contributed by atoms with Crippen LogP contribution in [0.5, 0.6) is 11.5 Å². The number of halogens is 1. The minimum Gasteiger partial charge on any atom is -0.456 e. The second-order valence-electron chi connectivity index (χ2n) is 6.84. The lowest BCUT2D eigenvalue weighted by Crippen LogP contribution is -2.01. The van der Waals surface area contributed by atoms with Crippen LogP contribution < -0.4 is 10.1 Å². The lowest BCUT2D eigenvalue weighted by Gasteiger charge is -2.16. The van der Waals surface area contributed by atoms with E-state index in [0.29, 0.717) is 33.9 Å². The molecule has 0 spiro atoms. The number of nitrogens with one attached hydrogen (secondary N) is 1. The first-order valence-corrected chi connectivity index (χ1v) is 9.73. The Kier molecular flexibility index (Phi) is 6.40. The molecular weight excluding hydrogens is 416 g/mol. The fourth-order valence-corrected chi connectivity index (χ4v) is 3.34. The van der Waals surface area contributed by atoms with Crippen LogP contribution in [-0.2, 0) is 5.88 Å². The van der Waals surface area contributed by atoms with Gasteiger partial charge in [0, 0.05) is 23.4 Å². The van der Waals surface area contributed by atoms with E-state index in [4.69, 9.17) is 26.9 Å². The van der Waals surface area contributed by atoms with E-state index in [0.717, 1.165) is 11.1 Å². The molecule has 0 aliphatic rings. The molecule has 0 aromatic heterocycles. The molecule has 31 heavy (non-hydrogen) atoms. The summed E-state index contributed by atoms with van der Waals surface area (Å²) >= 11 is 6.05. The third-order valence-electron chi connectivity index (χ3n) is 4.61. The van der Waals surface area contributed by atoms with Crippen molar-refractivity contribution < 1.29 is 9.66 Å². The first kappa shape index (κ1) is 21.6. The highest BCUT2D eigenvalue weighted by molar-refractivity contribution is 6.17. The van der Waals surface area contributed by atoms with E-state index < -0.39 is 4.92 Å². The van der Waals surface area contributed by atoms with Gasteiger partial charge in [0.15, 0.2) is 0 Å². The van der Waals surface area contributed by atoms with E-state index in [-0.39, 0.29) is 17.3 Å². The number of anilines is 2. The first-order valence-electron chi connectivity index (χ1n) is 9.20. The predicted molar refractivity (Wildman–Crippen MR) is 118 cm³/mol. The lowest BCUT2D eigenvalue weighted by atomic mass is 10.1. The minimum absolute atomic E-state index is 0.0156. The molecule has 3 rings (SSSR count). The van der Waals surface area contributed by atoms with Crippen LogP contribution >= 0.6 is 11.6 Å². The Labute approximate surface area is 184 Å². The third-order valence-corrected chi connectivity index (χ3v) is 4.90. The van der Waals surface area contributed by atoms with Gasteiger partial charge in [-0.05, 0) is 61.4 Å². The zero-order valence-electron chi connectivity index (χ0n) is 16.8. The number of alkyl halides is 1. The molecule has 3 aromatic carbocycles. The van der Waals surface area contributed by atoms with Crippen molar-refractivity contribution in [2.24, 2.45) is 0 Å². The minimum atomic E-state index is -0.496. The average molecular weight is 433 g/mol. The van der Waals surface area contributed by atoms with Crippen LogP contribution in [0, 0.1) is 46.6 Å². The first-order chi connectivity index (χ1) is 14.9. The van der Waals surface area contributed by atoms with Crippen LogP contribution in [0.3, 0.4) is 0 Å². The molecule has 0 amide bonds. The van der Waals surface area contributed by atoms with Crippen molar-refractivity contribution >= 4 is 28.7 Å². The molecule has 0 unspecified atom stereocenters. The molecule has 154 valence electrons. The van der Waals surface area contributed by atoms with Gasteiger partial charge < -0.3 is 10.1 Å². The van der Waals surface area contributed by atoms with Gasteiger partial charge in [-0.3, -0.25) is 10.1 Å². The van der Waals surface area contributed by atoms with Gasteiger partial charge in [-0.15, -0.1) is 11.6 Å². The van der Waals surface area contributed by atoms with Crippen molar-refractivity contribution in [1.29, 1.82) is 10.5 Å². The van der Waals surface area contributed by atoms with E-state index in [1.165, 1.54) is 12.1 Å².